The number of hydrogen-bond donors (Lipinski definition) is 1. The first kappa shape index (κ1) is 17.8. The lowest BCUT2D eigenvalue weighted by molar-refractivity contribution is -0.140. The Morgan fingerprint density at radius 3 is 2.69 bits per heavy atom. The van der Waals surface area contributed by atoms with Gasteiger partial charge in [-0.15, -0.1) is 0 Å². The first-order valence-corrected chi connectivity index (χ1v) is 8.03. The fourth-order valence-corrected chi connectivity index (χ4v) is 2.97. The molecule has 7 nitrogen and oxygen atoms in total. The second-order valence-corrected chi connectivity index (χ2v) is 5.73. The quantitative estimate of drug-likeness (QED) is 0.485. The van der Waals surface area contributed by atoms with E-state index in [0.717, 1.165) is 0 Å². The molecule has 0 spiro atoms. The van der Waals surface area contributed by atoms with Gasteiger partial charge in [-0.1, -0.05) is 12.1 Å². The number of carbonyl (C=O) groups excluding carboxylic acids is 2. The van der Waals surface area contributed by atoms with Crippen molar-refractivity contribution in [1.82, 2.24) is 4.90 Å². The van der Waals surface area contributed by atoms with E-state index in [1.165, 1.54) is 25.4 Å². The van der Waals surface area contributed by atoms with E-state index in [9.17, 15) is 14.7 Å². The molecule has 3 rings (SSSR count). The Labute approximate surface area is 150 Å². The van der Waals surface area contributed by atoms with Gasteiger partial charge >= 0.3 is 0 Å². The van der Waals surface area contributed by atoms with Crippen molar-refractivity contribution in [2.75, 3.05) is 27.4 Å². The smallest absolute Gasteiger partial charge is 0.295 e. The average molecular weight is 357 g/mol. The molecule has 0 bridgehead atoms. The third-order valence-corrected chi connectivity index (χ3v) is 4.23. The van der Waals surface area contributed by atoms with Crippen LogP contribution in [0, 0.1) is 0 Å². The van der Waals surface area contributed by atoms with Crippen LogP contribution in [0.25, 0.3) is 5.76 Å². The molecule has 1 aliphatic rings. The first-order chi connectivity index (χ1) is 12.6. The van der Waals surface area contributed by atoms with Gasteiger partial charge in [0.05, 0.1) is 25.6 Å². The van der Waals surface area contributed by atoms with Crippen LogP contribution < -0.4 is 4.74 Å². The van der Waals surface area contributed by atoms with Gasteiger partial charge in [-0.25, -0.2) is 0 Å². The van der Waals surface area contributed by atoms with Crippen LogP contribution in [0.4, 0.5) is 0 Å². The summed E-state index contributed by atoms with van der Waals surface area (Å²) in [4.78, 5) is 26.5. The fraction of sp³-hybridized carbons (Fsp3) is 0.263. The van der Waals surface area contributed by atoms with Gasteiger partial charge in [0, 0.05) is 19.2 Å². The number of furan rings is 1. The molecule has 1 amide bonds. The van der Waals surface area contributed by atoms with Crippen molar-refractivity contribution in [3.8, 4) is 5.75 Å². The fourth-order valence-electron chi connectivity index (χ4n) is 2.97. The van der Waals surface area contributed by atoms with E-state index < -0.39 is 17.7 Å². The van der Waals surface area contributed by atoms with Crippen molar-refractivity contribution in [1.29, 1.82) is 0 Å². The molecule has 26 heavy (non-hydrogen) atoms. The normalized spacial score (nSPS) is 19.2. The molecule has 1 fully saturated rings. The maximum absolute atomic E-state index is 12.6. The molecule has 1 atom stereocenters. The van der Waals surface area contributed by atoms with Crippen molar-refractivity contribution < 1.29 is 28.6 Å². The minimum Gasteiger partial charge on any atom is -0.507 e. The van der Waals surface area contributed by atoms with Gasteiger partial charge in [0.1, 0.15) is 23.3 Å². The molecule has 1 saturated heterocycles. The van der Waals surface area contributed by atoms with Crippen LogP contribution in [0.1, 0.15) is 17.4 Å². The standard InChI is InChI=1S/C19H19NO6/c1-24-10-8-20-16(14-7-4-9-26-14)15(18(22)19(20)23)17(21)12-5-3-6-13(11-12)25-2/h3-7,9,11,16,21H,8,10H2,1-2H3/t16-/m1/s1. The molecule has 1 N–H and O–H groups in total. The molecular formula is C19H19NO6. The van der Waals surface area contributed by atoms with Gasteiger partial charge in [-0.05, 0) is 24.3 Å². The predicted octanol–water partition coefficient (Wildman–Crippen LogP) is 2.36. The highest BCUT2D eigenvalue weighted by molar-refractivity contribution is 6.46. The zero-order valence-electron chi connectivity index (χ0n) is 14.5. The molecule has 2 aromatic rings. The number of Topliss-reactive ketones (excluding diaryl/α,β-unsaturated/α-hetero) is 1. The summed E-state index contributed by atoms with van der Waals surface area (Å²) in [5, 5.41) is 10.8. The number of ether oxygens (including phenoxy) is 2. The van der Waals surface area contributed by atoms with Gasteiger partial charge in [0.2, 0.25) is 0 Å². The average Bonchev–Trinajstić information content (AvgIpc) is 3.27. The highest BCUT2D eigenvalue weighted by Crippen LogP contribution is 2.39. The molecule has 1 aromatic carbocycles. The number of ketones is 1. The number of benzene rings is 1. The van der Waals surface area contributed by atoms with Crippen LogP contribution in [-0.2, 0) is 14.3 Å². The zero-order chi connectivity index (χ0) is 18.7. The van der Waals surface area contributed by atoms with Crippen LogP contribution in [0.5, 0.6) is 5.75 Å². The molecule has 0 aliphatic carbocycles. The molecule has 7 heteroatoms. The lowest BCUT2D eigenvalue weighted by atomic mass is 9.99. The first-order valence-electron chi connectivity index (χ1n) is 8.03. The van der Waals surface area contributed by atoms with Crippen LogP contribution in [0.3, 0.4) is 0 Å². The zero-order valence-corrected chi connectivity index (χ0v) is 14.5. The SMILES string of the molecule is COCCN1C(=O)C(=O)C(=C(O)c2cccc(OC)c2)[C@H]1c1ccco1. The summed E-state index contributed by atoms with van der Waals surface area (Å²) in [5.74, 6) is -0.818. The molecule has 0 radical (unpaired) electrons. The van der Waals surface area contributed by atoms with E-state index >= 15 is 0 Å². The van der Waals surface area contributed by atoms with Gasteiger partial charge in [-0.3, -0.25) is 9.59 Å². The third-order valence-electron chi connectivity index (χ3n) is 4.23. The van der Waals surface area contributed by atoms with Crippen LogP contribution in [0.15, 0.2) is 52.7 Å². The molecule has 1 aromatic heterocycles. The van der Waals surface area contributed by atoms with E-state index in [-0.39, 0.29) is 24.5 Å². The van der Waals surface area contributed by atoms with E-state index in [2.05, 4.69) is 0 Å². The maximum atomic E-state index is 12.6. The third kappa shape index (κ3) is 3.09. The summed E-state index contributed by atoms with van der Waals surface area (Å²) in [6.45, 7) is 0.449. The number of amides is 1. The number of likely N-dealkylation sites (tertiary alicyclic amines) is 1. The Morgan fingerprint density at radius 2 is 2.04 bits per heavy atom. The second kappa shape index (κ2) is 7.45. The number of rotatable bonds is 6. The molecule has 136 valence electrons. The van der Waals surface area contributed by atoms with Crippen molar-refractivity contribution in [3.63, 3.8) is 0 Å². The van der Waals surface area contributed by atoms with Gasteiger partial charge in [-0.2, -0.15) is 0 Å². The summed E-state index contributed by atoms with van der Waals surface area (Å²) >= 11 is 0. The Balaban J connectivity index is 2.12. The van der Waals surface area contributed by atoms with Crippen molar-refractivity contribution >= 4 is 17.4 Å². The molecule has 2 heterocycles. The summed E-state index contributed by atoms with van der Waals surface area (Å²) in [5.41, 5.74) is 0.361. The van der Waals surface area contributed by atoms with Crippen molar-refractivity contribution in [2.45, 2.75) is 6.04 Å². The largest absolute Gasteiger partial charge is 0.507 e. The molecule has 0 unspecified atom stereocenters. The Hall–Kier alpha value is -3.06. The topological polar surface area (TPSA) is 89.2 Å². The van der Waals surface area contributed by atoms with Crippen LogP contribution in [0.2, 0.25) is 0 Å². The van der Waals surface area contributed by atoms with E-state index in [4.69, 9.17) is 13.9 Å². The molecule has 1 aliphatic heterocycles. The van der Waals surface area contributed by atoms with E-state index in [0.29, 0.717) is 17.1 Å². The van der Waals surface area contributed by atoms with E-state index in [1.807, 2.05) is 0 Å². The number of carbonyl (C=O) groups is 2. The minimum atomic E-state index is -0.814. The summed E-state index contributed by atoms with van der Waals surface area (Å²) < 4.78 is 15.6. The van der Waals surface area contributed by atoms with Crippen LogP contribution in [-0.4, -0.2) is 49.1 Å². The lowest BCUT2D eigenvalue weighted by Gasteiger charge is -2.22. The highest BCUT2D eigenvalue weighted by Gasteiger charge is 2.47. The van der Waals surface area contributed by atoms with Gasteiger partial charge in [0.25, 0.3) is 11.7 Å². The number of aliphatic hydroxyl groups excluding tert-OH is 1. The molecular weight excluding hydrogens is 338 g/mol. The van der Waals surface area contributed by atoms with Gasteiger partial charge in [0.15, 0.2) is 0 Å². The highest BCUT2D eigenvalue weighted by atomic mass is 16.5. The lowest BCUT2D eigenvalue weighted by Crippen LogP contribution is -2.32. The predicted molar refractivity (Wildman–Crippen MR) is 92.6 cm³/mol. The van der Waals surface area contributed by atoms with Crippen molar-refractivity contribution in [3.05, 3.63) is 59.6 Å². The van der Waals surface area contributed by atoms with Gasteiger partial charge < -0.3 is 23.9 Å². The summed E-state index contributed by atoms with van der Waals surface area (Å²) in [6.07, 6.45) is 1.46. The van der Waals surface area contributed by atoms with Crippen LogP contribution >= 0.6 is 0 Å². The maximum Gasteiger partial charge on any atom is 0.295 e. The Morgan fingerprint density at radius 1 is 1.23 bits per heavy atom. The minimum absolute atomic E-state index is 0.0192. The summed E-state index contributed by atoms with van der Waals surface area (Å²) in [6, 6.07) is 9.16. The number of nitrogens with zero attached hydrogens (tertiary/aromatic N) is 1. The Kier molecular flexibility index (Phi) is 5.09. The number of aliphatic hydroxyl groups is 1. The number of hydrogen-bond acceptors (Lipinski definition) is 6. The molecule has 0 saturated carbocycles. The monoisotopic (exact) mass is 357 g/mol. The van der Waals surface area contributed by atoms with E-state index in [1.54, 1.807) is 36.4 Å². The second-order valence-electron chi connectivity index (χ2n) is 5.73. The van der Waals surface area contributed by atoms with Crippen molar-refractivity contribution in [2.24, 2.45) is 0 Å². The Bertz CT molecular complexity index is 839. The summed E-state index contributed by atoms with van der Waals surface area (Å²) in [7, 11) is 3.01. The number of methoxy groups -OCH3 is 2.